The zero-order valence-corrected chi connectivity index (χ0v) is 28.4. The monoisotopic (exact) mass is 688 g/mol. The molecule has 0 aliphatic carbocycles. The number of fused-ring (bicyclic) bond motifs is 3. The summed E-state index contributed by atoms with van der Waals surface area (Å²) in [7, 11) is 3.24. The van der Waals surface area contributed by atoms with Gasteiger partial charge in [-0.3, -0.25) is 29.1 Å². The summed E-state index contributed by atoms with van der Waals surface area (Å²) >= 11 is 12.6. The largest absolute Gasteiger partial charge is 0.383 e. The number of pyridine rings is 2. The SMILES string of the molecule is CO[n+]1ccc(NCCN(CCCCN2C(=O)c3ccccc3C2=O)CCNc2cc[n+](OC)c3cc(Cl)ccc23)c2ccc(Cl)cc21. The molecule has 0 bridgehead atoms. The molecular weight excluding hydrogens is 651 g/mol. The Bertz CT molecular complexity index is 1840. The lowest BCUT2D eigenvalue weighted by Gasteiger charge is -2.24. The molecule has 0 atom stereocenters. The number of anilines is 2. The third-order valence-electron chi connectivity index (χ3n) is 8.59. The minimum absolute atomic E-state index is 0.210. The van der Waals surface area contributed by atoms with Gasteiger partial charge >= 0.3 is 0 Å². The van der Waals surface area contributed by atoms with Crippen LogP contribution in [0.25, 0.3) is 21.8 Å². The standard InChI is InChI=1S/C36H36Cl2N6O4/c1-47-43-19-13-31(29-11-9-25(37)23-33(29)43)39-15-21-41(17-5-6-18-42-35(45)27-7-3-4-8-28(27)36(42)46)22-16-40-32-14-20-44(48-2)34-24-26(38)10-12-30(32)34/h3-4,7-14,19-20,23-24H,5-6,15-18,21-22H2,1-2H3/p+2. The Morgan fingerprint density at radius 3 is 1.67 bits per heavy atom. The zero-order chi connectivity index (χ0) is 33.6. The fraction of sp³-hybridized carbons (Fsp3) is 0.278. The van der Waals surface area contributed by atoms with Crippen molar-refractivity contribution in [1.82, 2.24) is 9.80 Å². The Balaban J connectivity index is 1.11. The molecular formula is C36H38Cl2N6O4+2. The number of imide groups is 1. The van der Waals surface area contributed by atoms with Gasteiger partial charge in [-0.1, -0.05) is 35.3 Å². The van der Waals surface area contributed by atoms with Crippen LogP contribution in [0.1, 0.15) is 33.6 Å². The van der Waals surface area contributed by atoms with Crippen LogP contribution in [0.3, 0.4) is 0 Å². The zero-order valence-electron chi connectivity index (χ0n) is 26.9. The van der Waals surface area contributed by atoms with Crippen LogP contribution < -0.4 is 29.8 Å². The Hall–Kier alpha value is -4.64. The van der Waals surface area contributed by atoms with Crippen molar-refractivity contribution >= 4 is 68.2 Å². The molecule has 3 heterocycles. The molecule has 0 spiro atoms. The normalized spacial score (nSPS) is 12.6. The van der Waals surface area contributed by atoms with E-state index in [1.165, 1.54) is 4.90 Å². The van der Waals surface area contributed by atoms with Gasteiger partial charge in [0.15, 0.2) is 0 Å². The number of nitrogens with zero attached hydrogens (tertiary/aromatic N) is 4. The number of carbonyl (C=O) groups is 2. The molecule has 6 rings (SSSR count). The molecule has 248 valence electrons. The third kappa shape index (κ3) is 7.11. The molecule has 2 N–H and O–H groups in total. The van der Waals surface area contributed by atoms with E-state index in [1.807, 2.05) is 60.9 Å². The first-order chi connectivity index (χ1) is 23.4. The Morgan fingerprint density at radius 1 is 0.688 bits per heavy atom. The van der Waals surface area contributed by atoms with Crippen LogP contribution in [0, 0.1) is 0 Å². The summed E-state index contributed by atoms with van der Waals surface area (Å²) in [6.45, 7) is 4.15. The number of hydrogen-bond acceptors (Lipinski definition) is 7. The Morgan fingerprint density at radius 2 is 1.19 bits per heavy atom. The van der Waals surface area contributed by atoms with Crippen LogP contribution in [-0.2, 0) is 0 Å². The van der Waals surface area contributed by atoms with E-state index < -0.39 is 0 Å². The van der Waals surface area contributed by atoms with E-state index in [4.69, 9.17) is 32.9 Å². The van der Waals surface area contributed by atoms with Crippen LogP contribution in [-0.4, -0.2) is 75.1 Å². The lowest BCUT2D eigenvalue weighted by Crippen LogP contribution is -2.41. The molecule has 12 heteroatoms. The summed E-state index contributed by atoms with van der Waals surface area (Å²) in [5.41, 5.74) is 4.68. The lowest BCUT2D eigenvalue weighted by molar-refractivity contribution is -0.865. The molecule has 5 aromatic rings. The number of halogens is 2. The van der Waals surface area contributed by atoms with E-state index in [9.17, 15) is 9.59 Å². The maximum absolute atomic E-state index is 12.8. The first-order valence-electron chi connectivity index (χ1n) is 15.9. The number of amides is 2. The molecule has 0 saturated heterocycles. The molecule has 48 heavy (non-hydrogen) atoms. The fourth-order valence-corrected chi connectivity index (χ4v) is 6.49. The summed E-state index contributed by atoms with van der Waals surface area (Å²) in [5.74, 6) is -0.420. The number of aromatic nitrogens is 2. The second-order valence-corrected chi connectivity index (χ2v) is 12.4. The summed E-state index contributed by atoms with van der Waals surface area (Å²) in [6, 6.07) is 22.5. The highest BCUT2D eigenvalue weighted by Crippen LogP contribution is 2.25. The molecule has 2 amide bonds. The third-order valence-corrected chi connectivity index (χ3v) is 9.06. The summed E-state index contributed by atoms with van der Waals surface area (Å²) in [4.78, 5) is 40.4. The van der Waals surface area contributed by atoms with Crippen LogP contribution in [0.4, 0.5) is 11.4 Å². The number of benzene rings is 3. The molecule has 1 aliphatic heterocycles. The predicted molar refractivity (Wildman–Crippen MR) is 188 cm³/mol. The van der Waals surface area contributed by atoms with Gasteiger partial charge in [-0.2, -0.15) is 0 Å². The van der Waals surface area contributed by atoms with E-state index >= 15 is 0 Å². The van der Waals surface area contributed by atoms with Gasteiger partial charge in [0.1, 0.15) is 14.2 Å². The van der Waals surface area contributed by atoms with Gasteiger partial charge in [0.05, 0.1) is 33.3 Å². The van der Waals surface area contributed by atoms with Crippen molar-refractivity contribution in [2.24, 2.45) is 0 Å². The molecule has 1 aliphatic rings. The van der Waals surface area contributed by atoms with Gasteiger partial charge < -0.3 is 10.6 Å². The minimum atomic E-state index is -0.210. The molecule has 0 saturated carbocycles. The molecule has 3 aromatic carbocycles. The summed E-state index contributed by atoms with van der Waals surface area (Å²) in [6.07, 6.45) is 5.28. The van der Waals surface area contributed by atoms with Crippen molar-refractivity contribution in [3.05, 3.63) is 106 Å². The van der Waals surface area contributed by atoms with Crippen LogP contribution in [0.2, 0.25) is 10.0 Å². The van der Waals surface area contributed by atoms with Gasteiger partial charge in [-0.05, 0) is 55.8 Å². The fourth-order valence-electron chi connectivity index (χ4n) is 6.16. The van der Waals surface area contributed by atoms with E-state index in [2.05, 4.69) is 15.5 Å². The number of carbonyl (C=O) groups excluding carboxylic acids is 2. The van der Waals surface area contributed by atoms with Gasteiger partial charge in [-0.25, -0.2) is 0 Å². The average Bonchev–Trinajstić information content (AvgIpc) is 3.34. The highest BCUT2D eigenvalue weighted by Gasteiger charge is 2.34. The Labute approximate surface area is 289 Å². The number of rotatable bonds is 15. The van der Waals surface area contributed by atoms with Crippen LogP contribution in [0.15, 0.2) is 85.2 Å². The number of nitrogens with one attached hydrogen (secondary N) is 2. The van der Waals surface area contributed by atoms with Crippen molar-refractivity contribution < 1.29 is 28.7 Å². The highest BCUT2D eigenvalue weighted by molar-refractivity contribution is 6.31. The quantitative estimate of drug-likeness (QED) is 0.0920. The second-order valence-electron chi connectivity index (χ2n) is 11.5. The molecule has 10 nitrogen and oxygen atoms in total. The molecule has 0 unspecified atom stereocenters. The number of hydrogen-bond donors (Lipinski definition) is 2. The highest BCUT2D eigenvalue weighted by atomic mass is 35.5. The van der Waals surface area contributed by atoms with Crippen molar-refractivity contribution in [3.63, 3.8) is 0 Å². The first-order valence-corrected chi connectivity index (χ1v) is 16.7. The molecule has 0 radical (unpaired) electrons. The summed E-state index contributed by atoms with van der Waals surface area (Å²) < 4.78 is 3.38. The smallest absolute Gasteiger partial charge is 0.268 e. The second kappa shape index (κ2) is 15.1. The van der Waals surface area contributed by atoms with Crippen molar-refractivity contribution in [2.45, 2.75) is 12.8 Å². The minimum Gasteiger partial charge on any atom is -0.383 e. The van der Waals surface area contributed by atoms with Crippen molar-refractivity contribution in [2.75, 3.05) is 64.1 Å². The topological polar surface area (TPSA) is 90.9 Å². The van der Waals surface area contributed by atoms with Gasteiger partial charge in [0, 0.05) is 76.5 Å². The van der Waals surface area contributed by atoms with E-state index in [1.54, 1.807) is 47.9 Å². The van der Waals surface area contributed by atoms with Crippen LogP contribution in [0.5, 0.6) is 0 Å². The maximum atomic E-state index is 12.8. The maximum Gasteiger partial charge on any atom is 0.268 e. The van der Waals surface area contributed by atoms with Gasteiger partial charge in [0.2, 0.25) is 12.4 Å². The average molecular weight is 690 g/mol. The van der Waals surface area contributed by atoms with Gasteiger partial charge in [-0.15, -0.1) is 0 Å². The van der Waals surface area contributed by atoms with Crippen LogP contribution >= 0.6 is 23.2 Å². The first kappa shape index (κ1) is 33.3. The van der Waals surface area contributed by atoms with E-state index in [-0.39, 0.29) is 11.8 Å². The van der Waals surface area contributed by atoms with Gasteiger partial charge in [0.25, 0.3) is 22.8 Å². The lowest BCUT2D eigenvalue weighted by atomic mass is 10.1. The predicted octanol–water partition coefficient (Wildman–Crippen LogP) is 4.89. The van der Waals surface area contributed by atoms with Crippen molar-refractivity contribution in [3.8, 4) is 0 Å². The molecule has 0 fully saturated rings. The van der Waals surface area contributed by atoms with E-state index in [0.29, 0.717) is 47.2 Å². The summed E-state index contributed by atoms with van der Waals surface area (Å²) in [5, 5.41) is 10.5. The van der Waals surface area contributed by atoms with Crippen molar-refractivity contribution in [1.29, 1.82) is 0 Å². The van der Waals surface area contributed by atoms with E-state index in [0.717, 1.165) is 59.2 Å². The number of unbranched alkanes of at least 4 members (excludes halogenated alkanes) is 1. The molecule has 2 aromatic heterocycles. The Kier molecular flexibility index (Phi) is 10.4.